The van der Waals surface area contributed by atoms with Gasteiger partial charge < -0.3 is 15.3 Å². The van der Waals surface area contributed by atoms with Gasteiger partial charge in [-0.2, -0.15) is 0 Å². The van der Waals surface area contributed by atoms with Crippen molar-refractivity contribution < 1.29 is 24.9 Å². The van der Waals surface area contributed by atoms with Gasteiger partial charge in [0.25, 0.3) is 0 Å². The number of carboxylic acid groups (broad SMARTS) is 2. The fraction of sp³-hybridized carbons (Fsp3) is 0.929. The molecule has 0 aromatic rings. The minimum atomic E-state index is -2.13. The summed E-state index contributed by atoms with van der Waals surface area (Å²) in [6, 6.07) is 0. The second kappa shape index (κ2) is 22.7. The van der Waals surface area contributed by atoms with Crippen molar-refractivity contribution in [3.8, 4) is 0 Å². The van der Waals surface area contributed by atoms with Gasteiger partial charge in [0, 0.05) is 0 Å². The van der Waals surface area contributed by atoms with Crippen LogP contribution in [0.5, 0.6) is 0 Å². The molecule has 196 valence electrons. The largest absolute Gasteiger partial charge is 0.481 e. The molecule has 0 fully saturated rings. The Morgan fingerprint density at radius 2 is 0.788 bits per heavy atom. The molecule has 0 radical (unpaired) electrons. The van der Waals surface area contributed by atoms with Crippen LogP contribution in [-0.4, -0.2) is 32.9 Å². The highest BCUT2D eigenvalue weighted by Gasteiger charge is 2.37. The van der Waals surface area contributed by atoms with Crippen molar-refractivity contribution in [2.75, 3.05) is 0 Å². The van der Waals surface area contributed by atoms with E-state index in [2.05, 4.69) is 6.92 Å². The van der Waals surface area contributed by atoms with E-state index in [1.54, 1.807) is 0 Å². The SMILES string of the molecule is CCCCCCCCCCCCCCCCCCCCCCCCC(O)(CC(=O)O)C(=O)O. The molecule has 5 nitrogen and oxygen atoms in total. The van der Waals surface area contributed by atoms with Gasteiger partial charge in [0.1, 0.15) is 0 Å². The molecular formula is C28H54O5. The molecule has 0 aliphatic rings. The Kier molecular flexibility index (Phi) is 21.9. The van der Waals surface area contributed by atoms with E-state index in [0.717, 1.165) is 19.3 Å². The molecule has 1 atom stereocenters. The van der Waals surface area contributed by atoms with Crippen LogP contribution in [0.1, 0.15) is 161 Å². The van der Waals surface area contributed by atoms with E-state index in [4.69, 9.17) is 10.2 Å². The molecule has 1 unspecified atom stereocenters. The zero-order chi connectivity index (χ0) is 24.6. The predicted octanol–water partition coefficient (Wildman–Crippen LogP) is 8.27. The zero-order valence-electron chi connectivity index (χ0n) is 21.6. The van der Waals surface area contributed by atoms with Gasteiger partial charge in [-0.15, -0.1) is 0 Å². The number of carbonyl (C=O) groups is 2. The third-order valence-corrected chi connectivity index (χ3v) is 6.79. The minimum absolute atomic E-state index is 0.00770. The third kappa shape index (κ3) is 21.2. The van der Waals surface area contributed by atoms with Crippen LogP contribution in [0, 0.1) is 0 Å². The summed E-state index contributed by atoms with van der Waals surface area (Å²) in [6.45, 7) is 2.28. The van der Waals surface area contributed by atoms with Gasteiger partial charge in [-0.25, -0.2) is 4.79 Å². The number of aliphatic hydroxyl groups is 1. The van der Waals surface area contributed by atoms with E-state index in [9.17, 15) is 14.7 Å². The Morgan fingerprint density at radius 1 is 0.515 bits per heavy atom. The van der Waals surface area contributed by atoms with Crippen molar-refractivity contribution in [1.82, 2.24) is 0 Å². The van der Waals surface area contributed by atoms with Gasteiger partial charge >= 0.3 is 11.9 Å². The number of rotatable bonds is 26. The first-order valence-electron chi connectivity index (χ1n) is 14.1. The summed E-state index contributed by atoms with van der Waals surface area (Å²) >= 11 is 0. The van der Waals surface area contributed by atoms with Gasteiger partial charge in [-0.3, -0.25) is 4.79 Å². The van der Waals surface area contributed by atoms with Crippen LogP contribution >= 0.6 is 0 Å². The fourth-order valence-corrected chi connectivity index (χ4v) is 4.55. The quantitative estimate of drug-likeness (QED) is 0.111. The number of unbranched alkanes of at least 4 members (excludes halogenated alkanes) is 21. The van der Waals surface area contributed by atoms with E-state index in [1.807, 2.05) is 0 Å². The molecule has 0 aliphatic heterocycles. The molecule has 0 rings (SSSR count). The molecule has 0 amide bonds. The summed E-state index contributed by atoms with van der Waals surface area (Å²) in [7, 11) is 0. The molecular weight excluding hydrogens is 416 g/mol. The van der Waals surface area contributed by atoms with E-state index < -0.39 is 24.0 Å². The average Bonchev–Trinajstić information content (AvgIpc) is 2.76. The molecule has 0 bridgehead atoms. The summed E-state index contributed by atoms with van der Waals surface area (Å²) in [5, 5.41) is 27.7. The second-order valence-corrected chi connectivity index (χ2v) is 10.1. The number of hydrogen-bond acceptors (Lipinski definition) is 3. The summed E-state index contributed by atoms with van der Waals surface area (Å²) < 4.78 is 0. The lowest BCUT2D eigenvalue weighted by atomic mass is 9.92. The molecule has 5 heteroatoms. The molecule has 0 aromatic carbocycles. The van der Waals surface area contributed by atoms with Crippen LogP contribution in [0.3, 0.4) is 0 Å². The van der Waals surface area contributed by atoms with E-state index in [1.165, 1.54) is 116 Å². The minimum Gasteiger partial charge on any atom is -0.481 e. The maximum atomic E-state index is 11.1. The van der Waals surface area contributed by atoms with E-state index >= 15 is 0 Å². The summed E-state index contributed by atoms with van der Waals surface area (Å²) in [5.74, 6) is -2.72. The molecule has 3 N–H and O–H groups in total. The normalized spacial score (nSPS) is 13.2. The molecule has 0 spiro atoms. The first-order chi connectivity index (χ1) is 15.9. The topological polar surface area (TPSA) is 94.8 Å². The molecule has 0 aromatic heterocycles. The monoisotopic (exact) mass is 470 g/mol. The van der Waals surface area contributed by atoms with Crippen LogP contribution < -0.4 is 0 Å². The highest BCUT2D eigenvalue weighted by atomic mass is 16.4. The summed E-state index contributed by atoms with van der Waals surface area (Å²) in [5.41, 5.74) is -2.13. The first-order valence-corrected chi connectivity index (χ1v) is 14.1. The predicted molar refractivity (Wildman–Crippen MR) is 137 cm³/mol. The fourth-order valence-electron chi connectivity index (χ4n) is 4.55. The van der Waals surface area contributed by atoms with Crippen LogP contribution in [0.2, 0.25) is 0 Å². The van der Waals surface area contributed by atoms with Crippen LogP contribution in [0.15, 0.2) is 0 Å². The molecule has 0 saturated heterocycles. The van der Waals surface area contributed by atoms with Gasteiger partial charge in [0.15, 0.2) is 5.60 Å². The Morgan fingerprint density at radius 3 is 1.03 bits per heavy atom. The van der Waals surface area contributed by atoms with Crippen molar-refractivity contribution in [3.05, 3.63) is 0 Å². The molecule has 0 saturated carbocycles. The van der Waals surface area contributed by atoms with Crippen molar-refractivity contribution in [3.63, 3.8) is 0 Å². The van der Waals surface area contributed by atoms with Gasteiger partial charge in [-0.1, -0.05) is 142 Å². The Labute approximate surface area is 203 Å². The number of aliphatic carboxylic acids is 2. The number of hydrogen-bond donors (Lipinski definition) is 3. The lowest BCUT2D eigenvalue weighted by molar-refractivity contribution is -0.166. The maximum Gasteiger partial charge on any atom is 0.336 e. The molecule has 33 heavy (non-hydrogen) atoms. The number of carboxylic acids is 2. The smallest absolute Gasteiger partial charge is 0.336 e. The van der Waals surface area contributed by atoms with Gasteiger partial charge in [0.2, 0.25) is 0 Å². The maximum absolute atomic E-state index is 11.1. The van der Waals surface area contributed by atoms with Gasteiger partial charge in [0.05, 0.1) is 6.42 Å². The van der Waals surface area contributed by atoms with Crippen LogP contribution in [0.4, 0.5) is 0 Å². The van der Waals surface area contributed by atoms with Crippen molar-refractivity contribution in [2.45, 2.75) is 167 Å². The first kappa shape index (κ1) is 31.9. The Bertz CT molecular complexity index is 465. The molecule has 0 heterocycles. The Hall–Kier alpha value is -1.10. The third-order valence-electron chi connectivity index (χ3n) is 6.79. The van der Waals surface area contributed by atoms with Crippen molar-refractivity contribution in [1.29, 1.82) is 0 Å². The van der Waals surface area contributed by atoms with E-state index in [0.29, 0.717) is 6.42 Å². The zero-order valence-corrected chi connectivity index (χ0v) is 21.6. The highest BCUT2D eigenvalue weighted by molar-refractivity contribution is 5.83. The lowest BCUT2D eigenvalue weighted by Crippen LogP contribution is -2.40. The average molecular weight is 471 g/mol. The van der Waals surface area contributed by atoms with Crippen LogP contribution in [-0.2, 0) is 9.59 Å². The van der Waals surface area contributed by atoms with Crippen molar-refractivity contribution >= 4 is 11.9 Å². The molecule has 0 aliphatic carbocycles. The second-order valence-electron chi connectivity index (χ2n) is 10.1. The van der Waals surface area contributed by atoms with Crippen LogP contribution in [0.25, 0.3) is 0 Å². The van der Waals surface area contributed by atoms with Gasteiger partial charge in [-0.05, 0) is 12.8 Å². The van der Waals surface area contributed by atoms with E-state index in [-0.39, 0.29) is 6.42 Å². The Balaban J connectivity index is 3.28. The lowest BCUT2D eigenvalue weighted by Gasteiger charge is -2.21. The summed E-state index contributed by atoms with van der Waals surface area (Å²) in [4.78, 5) is 21.8. The van der Waals surface area contributed by atoms with Crippen molar-refractivity contribution in [2.24, 2.45) is 0 Å². The standard InChI is InChI=1S/C28H54O5/c1-2-3-4-5-6-7-8-9-10-11-12-13-14-15-16-17-18-19-20-21-22-23-24-28(33,27(31)32)25-26(29)30/h33H,2-25H2,1H3,(H,29,30)(H,31,32). The highest BCUT2D eigenvalue weighted by Crippen LogP contribution is 2.21. The summed E-state index contributed by atoms with van der Waals surface area (Å²) in [6.07, 6.45) is 27.6.